The third-order valence-electron chi connectivity index (χ3n) is 6.61. The van der Waals surface area contributed by atoms with Gasteiger partial charge in [-0.3, -0.25) is 19.3 Å². The van der Waals surface area contributed by atoms with Gasteiger partial charge in [-0.1, -0.05) is 12.1 Å². The van der Waals surface area contributed by atoms with Crippen molar-refractivity contribution in [2.75, 3.05) is 47.1 Å². The van der Waals surface area contributed by atoms with E-state index >= 15 is 0 Å². The van der Waals surface area contributed by atoms with E-state index in [2.05, 4.69) is 5.32 Å². The molecule has 1 spiro atoms. The highest BCUT2D eigenvalue weighted by Gasteiger charge is 2.54. The quantitative estimate of drug-likeness (QED) is 0.586. The molecule has 2 aromatic carbocycles. The molecule has 1 atom stereocenters. The van der Waals surface area contributed by atoms with Gasteiger partial charge in [0, 0.05) is 50.7 Å². The van der Waals surface area contributed by atoms with Gasteiger partial charge in [-0.25, -0.2) is 4.39 Å². The molecule has 4 rings (SSSR count). The maximum absolute atomic E-state index is 13.8. The molecule has 0 radical (unpaired) electrons. The van der Waals surface area contributed by atoms with Gasteiger partial charge in [0.2, 0.25) is 5.91 Å². The van der Waals surface area contributed by atoms with Crippen molar-refractivity contribution in [3.05, 3.63) is 65.5 Å². The van der Waals surface area contributed by atoms with E-state index in [-0.39, 0.29) is 43.0 Å². The maximum Gasteiger partial charge on any atom is 0.257 e. The number of methoxy groups -OCH3 is 2. The van der Waals surface area contributed by atoms with Crippen LogP contribution in [0.5, 0.6) is 5.75 Å². The molecule has 9 nitrogen and oxygen atoms in total. The second-order valence-corrected chi connectivity index (χ2v) is 8.77. The van der Waals surface area contributed by atoms with Gasteiger partial charge in [-0.05, 0) is 36.4 Å². The van der Waals surface area contributed by atoms with Crippen LogP contribution < -0.4 is 10.1 Å². The number of ether oxygens (including phenoxy) is 3. The number of amides is 3. The largest absolute Gasteiger partial charge is 0.497 e. The summed E-state index contributed by atoms with van der Waals surface area (Å²) < 4.78 is 30.1. The minimum absolute atomic E-state index is 0.0341. The van der Waals surface area contributed by atoms with Crippen molar-refractivity contribution in [3.8, 4) is 5.75 Å². The van der Waals surface area contributed by atoms with E-state index in [0.717, 1.165) is 0 Å². The van der Waals surface area contributed by atoms with Crippen LogP contribution in [0.3, 0.4) is 0 Å². The van der Waals surface area contributed by atoms with Crippen LogP contribution in [0.25, 0.3) is 0 Å². The number of carbonyl (C=O) groups is 3. The number of hydrogen-bond acceptors (Lipinski definition) is 6. The molecule has 2 heterocycles. The van der Waals surface area contributed by atoms with Crippen LogP contribution in [-0.2, 0) is 14.3 Å². The number of hydrogen-bond donors (Lipinski definition) is 1. The summed E-state index contributed by atoms with van der Waals surface area (Å²) in [7, 11) is 3.05. The molecule has 1 N–H and O–H groups in total. The normalized spacial score (nSPS) is 18.8. The number of nitrogens with zero attached hydrogens (tertiary/aromatic N) is 2. The van der Waals surface area contributed by atoms with Crippen molar-refractivity contribution < 1.29 is 33.0 Å². The van der Waals surface area contributed by atoms with E-state index in [0.29, 0.717) is 37.3 Å². The first-order chi connectivity index (χ1) is 17.4. The molecule has 2 aliphatic heterocycles. The lowest BCUT2D eigenvalue weighted by Gasteiger charge is -2.44. The first-order valence-corrected chi connectivity index (χ1v) is 11.8. The minimum atomic E-state index is -1.05. The summed E-state index contributed by atoms with van der Waals surface area (Å²) in [5.74, 6) is -0.944. The highest BCUT2D eigenvalue weighted by molar-refractivity contribution is 5.99. The van der Waals surface area contributed by atoms with E-state index in [1.165, 1.54) is 37.3 Å². The monoisotopic (exact) mass is 499 g/mol. The molecule has 36 heavy (non-hydrogen) atoms. The summed E-state index contributed by atoms with van der Waals surface area (Å²) in [4.78, 5) is 42.9. The average Bonchev–Trinajstić information content (AvgIpc) is 3.26. The van der Waals surface area contributed by atoms with Crippen molar-refractivity contribution in [3.63, 3.8) is 0 Å². The fourth-order valence-corrected chi connectivity index (χ4v) is 4.72. The van der Waals surface area contributed by atoms with Crippen molar-refractivity contribution in [2.24, 2.45) is 0 Å². The lowest BCUT2D eigenvalue weighted by Crippen LogP contribution is -2.60. The SMILES string of the molecule is COCCNC(=O)[C@@H]1COC2(CCN(C(=O)c3cccc(F)c3)CC2)N1C(=O)c1cccc(OC)c1. The zero-order valence-electron chi connectivity index (χ0n) is 20.4. The average molecular weight is 500 g/mol. The molecule has 2 aromatic rings. The van der Waals surface area contributed by atoms with Crippen LogP contribution in [0.4, 0.5) is 4.39 Å². The van der Waals surface area contributed by atoms with Crippen LogP contribution in [0.15, 0.2) is 48.5 Å². The Bertz CT molecular complexity index is 1120. The van der Waals surface area contributed by atoms with E-state index in [4.69, 9.17) is 14.2 Å². The first kappa shape index (κ1) is 25.6. The lowest BCUT2D eigenvalue weighted by atomic mass is 9.96. The van der Waals surface area contributed by atoms with Crippen molar-refractivity contribution >= 4 is 17.7 Å². The molecule has 0 aliphatic carbocycles. The number of rotatable bonds is 7. The summed E-state index contributed by atoms with van der Waals surface area (Å²) in [5, 5.41) is 2.80. The van der Waals surface area contributed by atoms with Gasteiger partial charge in [0.15, 0.2) is 0 Å². The highest BCUT2D eigenvalue weighted by atomic mass is 19.1. The predicted octanol–water partition coefficient (Wildman–Crippen LogP) is 2.07. The van der Waals surface area contributed by atoms with Gasteiger partial charge in [0.25, 0.3) is 11.8 Å². The number of carbonyl (C=O) groups excluding carboxylic acids is 3. The molecule has 2 fully saturated rings. The smallest absolute Gasteiger partial charge is 0.257 e. The zero-order chi connectivity index (χ0) is 25.7. The molecular formula is C26H30FN3O6. The summed E-state index contributed by atoms with van der Waals surface area (Å²) in [6, 6.07) is 11.5. The summed E-state index contributed by atoms with van der Waals surface area (Å²) in [5.41, 5.74) is -0.424. The van der Waals surface area contributed by atoms with Crippen LogP contribution in [0.1, 0.15) is 33.6 Å². The number of likely N-dealkylation sites (tertiary alicyclic amines) is 1. The number of piperidine rings is 1. The molecule has 2 saturated heterocycles. The molecular weight excluding hydrogens is 469 g/mol. The fraction of sp³-hybridized carbons (Fsp3) is 0.423. The van der Waals surface area contributed by atoms with E-state index in [1.54, 1.807) is 35.2 Å². The summed E-state index contributed by atoms with van der Waals surface area (Å²) >= 11 is 0. The Balaban J connectivity index is 1.57. The fourth-order valence-electron chi connectivity index (χ4n) is 4.72. The minimum Gasteiger partial charge on any atom is -0.497 e. The van der Waals surface area contributed by atoms with Gasteiger partial charge in [0.1, 0.15) is 23.3 Å². The highest BCUT2D eigenvalue weighted by Crippen LogP contribution is 2.39. The van der Waals surface area contributed by atoms with E-state index < -0.39 is 17.6 Å². The molecule has 0 unspecified atom stereocenters. The topological polar surface area (TPSA) is 97.4 Å². The summed E-state index contributed by atoms with van der Waals surface area (Å²) in [6.07, 6.45) is 0.622. The molecule has 0 saturated carbocycles. The number of benzene rings is 2. The second kappa shape index (κ2) is 11.0. The van der Waals surface area contributed by atoms with Crippen LogP contribution in [-0.4, -0.2) is 86.4 Å². The van der Waals surface area contributed by atoms with Crippen molar-refractivity contribution in [1.29, 1.82) is 0 Å². The first-order valence-electron chi connectivity index (χ1n) is 11.8. The van der Waals surface area contributed by atoms with Gasteiger partial charge >= 0.3 is 0 Å². The number of nitrogens with one attached hydrogen (secondary N) is 1. The van der Waals surface area contributed by atoms with Gasteiger partial charge in [-0.2, -0.15) is 0 Å². The van der Waals surface area contributed by atoms with E-state index in [9.17, 15) is 18.8 Å². The molecule has 0 bridgehead atoms. The zero-order valence-corrected chi connectivity index (χ0v) is 20.4. The second-order valence-electron chi connectivity index (χ2n) is 8.77. The maximum atomic E-state index is 13.8. The molecule has 192 valence electrons. The Morgan fingerprint density at radius 3 is 2.42 bits per heavy atom. The third kappa shape index (κ3) is 5.19. The Labute approximate surface area is 209 Å². The number of halogens is 1. The Kier molecular flexibility index (Phi) is 7.85. The van der Waals surface area contributed by atoms with Crippen molar-refractivity contribution in [2.45, 2.75) is 24.6 Å². The summed E-state index contributed by atoms with van der Waals surface area (Å²) in [6.45, 7) is 1.25. The van der Waals surface area contributed by atoms with Gasteiger partial charge in [0.05, 0.1) is 20.3 Å². The predicted molar refractivity (Wildman–Crippen MR) is 128 cm³/mol. The molecule has 3 amide bonds. The third-order valence-corrected chi connectivity index (χ3v) is 6.61. The lowest BCUT2D eigenvalue weighted by molar-refractivity contribution is -0.128. The van der Waals surface area contributed by atoms with Crippen LogP contribution >= 0.6 is 0 Å². The van der Waals surface area contributed by atoms with Gasteiger partial charge < -0.3 is 24.4 Å². The van der Waals surface area contributed by atoms with Gasteiger partial charge in [-0.15, -0.1) is 0 Å². The Hall–Kier alpha value is -3.50. The standard InChI is InChI=1S/C26H30FN3O6/c1-34-14-11-28-23(31)22-17-36-26(30(22)25(33)19-6-4-8-21(16-19)35-2)9-12-29(13-10-26)24(32)18-5-3-7-20(27)15-18/h3-8,15-16,22H,9-14,17H2,1-2H3,(H,28,31)/t22-/m0/s1. The molecule has 0 aromatic heterocycles. The van der Waals surface area contributed by atoms with E-state index in [1.807, 2.05) is 0 Å². The van der Waals surface area contributed by atoms with Crippen LogP contribution in [0.2, 0.25) is 0 Å². The van der Waals surface area contributed by atoms with Crippen molar-refractivity contribution in [1.82, 2.24) is 15.1 Å². The molecule has 2 aliphatic rings. The Morgan fingerprint density at radius 2 is 1.75 bits per heavy atom. The Morgan fingerprint density at radius 1 is 1.06 bits per heavy atom. The molecule has 10 heteroatoms. The van der Waals surface area contributed by atoms with Crippen LogP contribution in [0, 0.1) is 5.82 Å².